The Balaban J connectivity index is 1.72. The largest absolute Gasteiger partial charge is 0.353 e. The summed E-state index contributed by atoms with van der Waals surface area (Å²) in [5, 5.41) is 10.4. The van der Waals surface area contributed by atoms with Gasteiger partial charge >= 0.3 is 0 Å². The van der Waals surface area contributed by atoms with Crippen molar-refractivity contribution in [3.8, 4) is 0 Å². The Bertz CT molecular complexity index is 742. The van der Waals surface area contributed by atoms with E-state index in [1.54, 1.807) is 18.3 Å². The van der Waals surface area contributed by atoms with Gasteiger partial charge in [-0.3, -0.25) is 4.79 Å². The third kappa shape index (κ3) is 3.32. The average Bonchev–Trinajstić information content (AvgIpc) is 2.59. The number of rotatable bonds is 3. The van der Waals surface area contributed by atoms with Crippen LogP contribution in [0.3, 0.4) is 0 Å². The highest BCUT2D eigenvalue weighted by atomic mass is 19.2. The van der Waals surface area contributed by atoms with Crippen molar-refractivity contribution in [3.05, 3.63) is 53.5 Å². The predicted octanol–water partition coefficient (Wildman–Crippen LogP) is 2.29. The van der Waals surface area contributed by atoms with E-state index in [9.17, 15) is 18.0 Å². The quantitative estimate of drug-likeness (QED) is 0.874. The Morgan fingerprint density at radius 2 is 2.00 bits per heavy atom. The maximum absolute atomic E-state index is 13.7. The molecular formula is C16H15F3N4O. The highest BCUT2D eigenvalue weighted by Gasteiger charge is 2.26. The molecule has 2 aromatic rings. The molecule has 126 valence electrons. The van der Waals surface area contributed by atoms with Crippen LogP contribution < -0.4 is 10.2 Å². The van der Waals surface area contributed by atoms with Crippen LogP contribution in [0.2, 0.25) is 0 Å². The fourth-order valence-corrected chi connectivity index (χ4v) is 2.76. The molecule has 0 radical (unpaired) electrons. The lowest BCUT2D eigenvalue weighted by molar-refractivity contribution is 0.0923. The number of hydrogen-bond acceptors (Lipinski definition) is 4. The number of amides is 1. The van der Waals surface area contributed by atoms with Gasteiger partial charge in [0.25, 0.3) is 5.91 Å². The van der Waals surface area contributed by atoms with Crippen LogP contribution in [-0.2, 0) is 0 Å². The minimum atomic E-state index is -1.48. The summed E-state index contributed by atoms with van der Waals surface area (Å²) in [7, 11) is 0. The minimum absolute atomic E-state index is 0.324. The first-order valence-electron chi connectivity index (χ1n) is 7.53. The van der Waals surface area contributed by atoms with Crippen molar-refractivity contribution in [2.75, 3.05) is 18.0 Å². The van der Waals surface area contributed by atoms with Crippen molar-refractivity contribution in [1.82, 2.24) is 15.5 Å². The first-order valence-corrected chi connectivity index (χ1v) is 7.53. The maximum Gasteiger partial charge on any atom is 0.257 e. The number of carbonyl (C=O) groups excluding carboxylic acids is 1. The summed E-state index contributed by atoms with van der Waals surface area (Å²) in [5.41, 5.74) is -0.897. The molecule has 5 nitrogen and oxygen atoms in total. The van der Waals surface area contributed by atoms with Crippen molar-refractivity contribution in [2.45, 2.75) is 18.9 Å². The van der Waals surface area contributed by atoms with Crippen LogP contribution in [0.25, 0.3) is 0 Å². The molecule has 8 heteroatoms. The third-order valence-electron chi connectivity index (χ3n) is 3.91. The smallest absolute Gasteiger partial charge is 0.257 e. The molecule has 0 aliphatic carbocycles. The number of benzene rings is 1. The molecule has 1 aromatic carbocycles. The molecule has 0 saturated carbocycles. The standard InChI is InChI=1S/C16H15F3N4O/c17-11-5-6-12(18)15(19)14(11)16(24)21-10-3-2-8-23(9-10)13-4-1-7-20-22-13/h1,4-7,10H,2-3,8-9H2,(H,21,24)/t10-/m1/s1. The van der Waals surface area contributed by atoms with Gasteiger partial charge in [0.05, 0.1) is 0 Å². The Labute approximate surface area is 136 Å². The molecule has 24 heavy (non-hydrogen) atoms. The number of piperidine rings is 1. The zero-order chi connectivity index (χ0) is 17.1. The van der Waals surface area contributed by atoms with E-state index in [4.69, 9.17) is 0 Å². The highest BCUT2D eigenvalue weighted by Crippen LogP contribution is 2.19. The first-order chi connectivity index (χ1) is 11.6. The van der Waals surface area contributed by atoms with E-state index in [1.807, 2.05) is 4.90 Å². The Morgan fingerprint density at radius 1 is 1.21 bits per heavy atom. The number of hydrogen-bond donors (Lipinski definition) is 1. The van der Waals surface area contributed by atoms with Crippen molar-refractivity contribution >= 4 is 11.7 Å². The topological polar surface area (TPSA) is 58.1 Å². The maximum atomic E-state index is 13.7. The summed E-state index contributed by atoms with van der Waals surface area (Å²) in [6, 6.07) is 4.61. The van der Waals surface area contributed by atoms with Crippen molar-refractivity contribution in [1.29, 1.82) is 0 Å². The van der Waals surface area contributed by atoms with Crippen LogP contribution in [0, 0.1) is 17.5 Å². The lowest BCUT2D eigenvalue weighted by Gasteiger charge is -2.33. The van der Waals surface area contributed by atoms with Gasteiger partial charge in [-0.1, -0.05) is 0 Å². The average molecular weight is 336 g/mol. The predicted molar refractivity (Wildman–Crippen MR) is 81.0 cm³/mol. The van der Waals surface area contributed by atoms with E-state index in [0.29, 0.717) is 24.8 Å². The zero-order valence-corrected chi connectivity index (χ0v) is 12.7. The number of nitrogens with zero attached hydrogens (tertiary/aromatic N) is 3. The molecule has 0 spiro atoms. The lowest BCUT2D eigenvalue weighted by atomic mass is 10.0. The third-order valence-corrected chi connectivity index (χ3v) is 3.91. The summed E-state index contributed by atoms with van der Waals surface area (Å²) < 4.78 is 40.6. The number of carbonyl (C=O) groups is 1. The monoisotopic (exact) mass is 336 g/mol. The minimum Gasteiger partial charge on any atom is -0.353 e. The van der Waals surface area contributed by atoms with Gasteiger partial charge in [-0.25, -0.2) is 13.2 Å². The summed E-state index contributed by atoms with van der Waals surface area (Å²) in [6.45, 7) is 1.18. The van der Waals surface area contributed by atoms with Crippen LogP contribution in [0.4, 0.5) is 19.0 Å². The van der Waals surface area contributed by atoms with Gasteiger partial charge in [0.15, 0.2) is 17.5 Å². The van der Waals surface area contributed by atoms with Crippen LogP contribution in [0.15, 0.2) is 30.5 Å². The van der Waals surface area contributed by atoms with Gasteiger partial charge in [0.2, 0.25) is 0 Å². The fraction of sp³-hybridized carbons (Fsp3) is 0.312. The van der Waals surface area contributed by atoms with E-state index >= 15 is 0 Å². The van der Waals surface area contributed by atoms with Crippen molar-refractivity contribution in [2.24, 2.45) is 0 Å². The number of nitrogens with one attached hydrogen (secondary N) is 1. The number of halogens is 3. The summed E-state index contributed by atoms with van der Waals surface area (Å²) in [4.78, 5) is 14.1. The molecule has 1 aromatic heterocycles. The summed E-state index contributed by atoms with van der Waals surface area (Å²) >= 11 is 0. The van der Waals surface area contributed by atoms with Gasteiger partial charge in [0, 0.05) is 25.3 Å². The Kier molecular flexibility index (Phi) is 4.64. The molecular weight excluding hydrogens is 321 g/mol. The lowest BCUT2D eigenvalue weighted by Crippen LogP contribution is -2.48. The Hall–Kier alpha value is -2.64. The van der Waals surface area contributed by atoms with E-state index in [1.165, 1.54) is 0 Å². The van der Waals surface area contributed by atoms with Crippen molar-refractivity contribution < 1.29 is 18.0 Å². The highest BCUT2D eigenvalue weighted by molar-refractivity contribution is 5.95. The zero-order valence-electron chi connectivity index (χ0n) is 12.7. The molecule has 1 aliphatic heterocycles. The van der Waals surface area contributed by atoms with E-state index in [-0.39, 0.29) is 6.04 Å². The van der Waals surface area contributed by atoms with Gasteiger partial charge < -0.3 is 10.2 Å². The molecule has 2 heterocycles. The second-order valence-electron chi connectivity index (χ2n) is 5.56. The molecule has 1 fully saturated rings. The number of aromatic nitrogens is 2. The molecule has 1 amide bonds. The normalized spacial score (nSPS) is 17.6. The van der Waals surface area contributed by atoms with Gasteiger partial charge in [-0.2, -0.15) is 5.10 Å². The molecule has 0 bridgehead atoms. The second-order valence-corrected chi connectivity index (χ2v) is 5.56. The van der Waals surface area contributed by atoms with Gasteiger partial charge in [0.1, 0.15) is 11.4 Å². The van der Waals surface area contributed by atoms with E-state index < -0.39 is 28.9 Å². The SMILES string of the molecule is O=C(N[C@@H]1CCCN(c2cccnn2)C1)c1c(F)ccc(F)c1F. The van der Waals surface area contributed by atoms with Crippen LogP contribution >= 0.6 is 0 Å². The van der Waals surface area contributed by atoms with Gasteiger partial charge in [-0.15, -0.1) is 5.10 Å². The van der Waals surface area contributed by atoms with Crippen LogP contribution in [0.1, 0.15) is 23.2 Å². The molecule has 3 rings (SSSR count). The van der Waals surface area contributed by atoms with Crippen LogP contribution in [-0.4, -0.2) is 35.2 Å². The molecule has 1 atom stereocenters. The summed E-state index contributed by atoms with van der Waals surface area (Å²) in [6.07, 6.45) is 2.99. The van der Waals surface area contributed by atoms with E-state index in [2.05, 4.69) is 15.5 Å². The second kappa shape index (κ2) is 6.86. The van der Waals surface area contributed by atoms with Crippen LogP contribution in [0.5, 0.6) is 0 Å². The first kappa shape index (κ1) is 16.2. The molecule has 1 aliphatic rings. The summed E-state index contributed by atoms with van der Waals surface area (Å²) in [5.74, 6) is -4.12. The van der Waals surface area contributed by atoms with Gasteiger partial charge in [-0.05, 0) is 37.1 Å². The van der Waals surface area contributed by atoms with E-state index in [0.717, 1.165) is 19.0 Å². The Morgan fingerprint density at radius 3 is 2.75 bits per heavy atom. The number of anilines is 1. The molecule has 0 unspecified atom stereocenters. The molecule has 1 saturated heterocycles. The molecule has 1 N–H and O–H groups in total. The van der Waals surface area contributed by atoms with Crippen molar-refractivity contribution in [3.63, 3.8) is 0 Å². The fourth-order valence-electron chi connectivity index (χ4n) is 2.76.